The molecule has 3 fully saturated rings. The van der Waals surface area contributed by atoms with Gasteiger partial charge in [-0.3, -0.25) is 13.7 Å². The number of anilines is 2. The lowest BCUT2D eigenvalue weighted by atomic mass is 10.00. The molecule has 7 rings (SSSR count). The van der Waals surface area contributed by atoms with E-state index in [1.807, 2.05) is 6.92 Å². The number of hydrogen-bond acceptors (Lipinski definition) is 15. The van der Waals surface area contributed by atoms with E-state index in [1.54, 1.807) is 4.57 Å². The highest BCUT2D eigenvalue weighted by atomic mass is 32.7. The topological polar surface area (TPSA) is 258 Å². The summed E-state index contributed by atoms with van der Waals surface area (Å²) in [6.07, 6.45) is 0.733. The van der Waals surface area contributed by atoms with Gasteiger partial charge in [-0.05, 0) is 11.8 Å². The molecule has 2 unspecified atom stereocenters. The van der Waals surface area contributed by atoms with E-state index in [4.69, 9.17) is 41.8 Å². The minimum absolute atomic E-state index is 0.150. The van der Waals surface area contributed by atoms with Crippen molar-refractivity contribution in [3.05, 3.63) is 25.3 Å². The first kappa shape index (κ1) is 30.3. The molecule has 4 aromatic rings. The molecule has 0 radical (unpaired) electrons. The van der Waals surface area contributed by atoms with Crippen LogP contribution in [0, 0.1) is 5.92 Å². The Hall–Kier alpha value is -2.39. The third-order valence-corrected chi connectivity index (χ3v) is 11.5. The molecular formula is C21H28N12O7P2S2. The summed E-state index contributed by atoms with van der Waals surface area (Å²) in [5, 5.41) is 17.2. The second kappa shape index (κ2) is 11.1. The number of nitrogens with one attached hydrogen (secondary N) is 2. The van der Waals surface area contributed by atoms with Crippen molar-refractivity contribution in [3.8, 4) is 0 Å². The summed E-state index contributed by atoms with van der Waals surface area (Å²) in [6, 6.07) is -1.66. The van der Waals surface area contributed by atoms with Gasteiger partial charge in [-0.15, -0.1) is 0 Å². The molecule has 0 amide bonds. The molecule has 7 heterocycles. The second-order valence-corrected chi connectivity index (χ2v) is 16.8. The van der Waals surface area contributed by atoms with Gasteiger partial charge in [0.15, 0.2) is 29.2 Å². The zero-order valence-corrected chi connectivity index (χ0v) is 26.3. The van der Waals surface area contributed by atoms with Crippen LogP contribution in [0.2, 0.25) is 0 Å². The van der Waals surface area contributed by atoms with Gasteiger partial charge in [0.2, 0.25) is 0 Å². The summed E-state index contributed by atoms with van der Waals surface area (Å²) in [4.78, 5) is 36.2. The number of ether oxygens (including phenoxy) is 2. The number of imidazole rings is 2. The largest absolute Gasteiger partial charge is 0.387 e. The van der Waals surface area contributed by atoms with Crippen molar-refractivity contribution < 1.29 is 33.1 Å². The highest BCUT2D eigenvalue weighted by molar-refractivity contribution is 8.45. The number of fused-ring (bicyclic) bond motifs is 4. The van der Waals surface area contributed by atoms with Crippen LogP contribution in [0.1, 0.15) is 19.4 Å². The minimum atomic E-state index is -3.90. The Balaban J connectivity index is 1.17. The molecule has 3 aliphatic heterocycles. The number of rotatable bonds is 2. The van der Waals surface area contributed by atoms with E-state index in [0.717, 1.165) is 0 Å². The van der Waals surface area contributed by atoms with Gasteiger partial charge in [0.1, 0.15) is 48.2 Å². The molecule has 0 aliphatic carbocycles. The standard InChI is InChI=1S/C21H28N12O7P2S2/c1-8-11-9(39-20(8)32-6-28-13-16(22)24-4-26-18(13)32)2-37-42(36,44)31-12-10(3-38-41(35,43)30-11)40-21(15(12)34)33-7-29-14-17(23)25-5-27-19(14)33/h4-12,15,20-21,34H,2-3H2,1H3,(H2,22,24,26)(H2,23,25,27)(H2,30,35,43)(H2,31,36,44)/t8-,9-,10-,11+,12-,15-,20-,21-,41?,42?/m1/s1. The van der Waals surface area contributed by atoms with Gasteiger partial charge < -0.3 is 40.0 Å². The number of thiol groups is 1. The van der Waals surface area contributed by atoms with Gasteiger partial charge in [0, 0.05) is 5.92 Å². The average Bonchev–Trinajstić information content (AvgIpc) is 3.73. The van der Waals surface area contributed by atoms with E-state index in [2.05, 4.69) is 52.3 Å². The SMILES string of the molecule is C[C@@H]1[C@@H]2NP(O)(=S)OC[C@H]3O[C@@H](n4cnc5c(N)ncnc54)[C@H](O)[C@@H]3NP(=O)(S)OC[C@H]2O[C@H]1n1cnc2c(N)ncnc21. The molecule has 0 bridgehead atoms. The van der Waals surface area contributed by atoms with Crippen molar-refractivity contribution in [3.63, 3.8) is 0 Å². The Morgan fingerprint density at radius 1 is 0.909 bits per heavy atom. The fourth-order valence-electron chi connectivity index (χ4n) is 5.75. The quantitative estimate of drug-likeness (QED) is 0.107. The monoisotopic (exact) mass is 686 g/mol. The summed E-state index contributed by atoms with van der Waals surface area (Å²) in [7, 11) is 0. The molecule has 0 spiro atoms. The lowest BCUT2D eigenvalue weighted by Gasteiger charge is -2.31. The zero-order chi connectivity index (χ0) is 31.0. The number of nitrogen functional groups attached to an aromatic ring is 2. The fraction of sp³-hybridized carbons (Fsp3) is 0.524. The fourth-order valence-corrected chi connectivity index (χ4v) is 9.22. The van der Waals surface area contributed by atoms with Crippen LogP contribution in [0.15, 0.2) is 25.3 Å². The van der Waals surface area contributed by atoms with E-state index in [0.29, 0.717) is 22.3 Å². The molecule has 236 valence electrons. The summed E-state index contributed by atoms with van der Waals surface area (Å²) in [5.41, 5.74) is 13.3. The van der Waals surface area contributed by atoms with Crippen LogP contribution >= 0.6 is 25.6 Å². The lowest BCUT2D eigenvalue weighted by Crippen LogP contribution is -2.46. The first-order valence-electron chi connectivity index (χ1n) is 13.3. The third-order valence-electron chi connectivity index (χ3n) is 7.88. The molecule has 3 aliphatic rings. The molecule has 44 heavy (non-hydrogen) atoms. The first-order valence-corrected chi connectivity index (χ1v) is 18.7. The van der Waals surface area contributed by atoms with Crippen LogP contribution < -0.4 is 21.6 Å². The average molecular weight is 687 g/mol. The number of hydrogen-bond donors (Lipinski definition) is 7. The Morgan fingerprint density at radius 3 is 2.09 bits per heavy atom. The molecule has 4 aromatic heterocycles. The normalized spacial score (nSPS) is 38.3. The highest BCUT2D eigenvalue weighted by Gasteiger charge is 2.50. The number of aliphatic hydroxyl groups excluding tert-OH is 1. The van der Waals surface area contributed by atoms with Crippen molar-refractivity contribution in [2.45, 2.75) is 49.8 Å². The van der Waals surface area contributed by atoms with E-state index in [1.165, 1.54) is 29.9 Å². The van der Waals surface area contributed by atoms with Gasteiger partial charge in [-0.2, -0.15) is 0 Å². The second-order valence-electron chi connectivity index (χ2n) is 10.6. The zero-order valence-electron chi connectivity index (χ0n) is 22.8. The molecule has 10 atom stereocenters. The van der Waals surface area contributed by atoms with Crippen molar-refractivity contribution in [1.29, 1.82) is 0 Å². The Kier molecular flexibility index (Phi) is 7.67. The molecule has 0 saturated carbocycles. The molecule has 0 aromatic carbocycles. The number of aromatic nitrogens is 8. The van der Waals surface area contributed by atoms with Gasteiger partial charge in [-0.25, -0.2) is 40.1 Å². The lowest BCUT2D eigenvalue weighted by molar-refractivity contribution is -0.0463. The van der Waals surface area contributed by atoms with Crippen LogP contribution in [0.3, 0.4) is 0 Å². The molecule has 23 heteroatoms. The van der Waals surface area contributed by atoms with E-state index >= 15 is 0 Å². The highest BCUT2D eigenvalue weighted by Crippen LogP contribution is 2.52. The molecule has 8 N–H and O–H groups in total. The number of aliphatic hydroxyl groups is 1. The maximum atomic E-state index is 13.6. The van der Waals surface area contributed by atoms with Crippen molar-refractivity contribution >= 4 is 71.4 Å². The van der Waals surface area contributed by atoms with Gasteiger partial charge in [0.25, 0.3) is 6.64 Å². The van der Waals surface area contributed by atoms with E-state index in [-0.39, 0.29) is 30.8 Å². The van der Waals surface area contributed by atoms with E-state index < -0.39 is 56.2 Å². The predicted molar refractivity (Wildman–Crippen MR) is 161 cm³/mol. The van der Waals surface area contributed by atoms with Crippen molar-refractivity contribution in [1.82, 2.24) is 49.2 Å². The first-order chi connectivity index (χ1) is 20.9. The van der Waals surface area contributed by atoms with Crippen LogP contribution in [-0.2, 0) is 34.9 Å². The predicted octanol–water partition coefficient (Wildman–Crippen LogP) is -0.160. The number of nitrogens with zero attached hydrogens (tertiary/aromatic N) is 8. The smallest absolute Gasteiger partial charge is 0.324 e. The summed E-state index contributed by atoms with van der Waals surface area (Å²) >= 11 is 9.76. The van der Waals surface area contributed by atoms with Gasteiger partial charge in [0.05, 0.1) is 38.0 Å². The molecule has 19 nitrogen and oxygen atoms in total. The van der Waals surface area contributed by atoms with Crippen LogP contribution in [0.5, 0.6) is 0 Å². The van der Waals surface area contributed by atoms with Crippen molar-refractivity contribution in [2.24, 2.45) is 5.92 Å². The third kappa shape index (κ3) is 5.29. The van der Waals surface area contributed by atoms with Crippen LogP contribution in [0.25, 0.3) is 22.3 Å². The van der Waals surface area contributed by atoms with E-state index in [9.17, 15) is 14.6 Å². The Bertz CT molecular complexity index is 1700. The summed E-state index contributed by atoms with van der Waals surface area (Å²) in [6.45, 7) is -6.23. The maximum absolute atomic E-state index is 13.6. The van der Waals surface area contributed by atoms with Gasteiger partial charge >= 0.3 is 6.72 Å². The molecule has 3 saturated heterocycles. The van der Waals surface area contributed by atoms with Crippen molar-refractivity contribution in [2.75, 3.05) is 24.7 Å². The minimum Gasteiger partial charge on any atom is -0.387 e. The van der Waals surface area contributed by atoms with Crippen LogP contribution in [0.4, 0.5) is 11.6 Å². The van der Waals surface area contributed by atoms with Crippen LogP contribution in [-0.4, -0.2) is 92.6 Å². The summed E-state index contributed by atoms with van der Waals surface area (Å²) < 4.78 is 40.9. The Morgan fingerprint density at radius 2 is 1.45 bits per heavy atom. The maximum Gasteiger partial charge on any atom is 0.324 e. The summed E-state index contributed by atoms with van der Waals surface area (Å²) in [5.74, 6) is 0.0120. The van der Waals surface area contributed by atoms with Gasteiger partial charge in [-0.1, -0.05) is 19.2 Å². The molecular weight excluding hydrogens is 658 g/mol. The number of nitrogens with two attached hydrogens (primary N) is 2. The Labute approximate surface area is 259 Å².